The third-order valence-electron chi connectivity index (χ3n) is 4.31. The van der Waals surface area contributed by atoms with E-state index in [9.17, 15) is 0 Å². The van der Waals surface area contributed by atoms with E-state index in [1.165, 1.54) is 17.7 Å². The molecular weight excluding hydrogens is 282 g/mol. The number of benzene rings is 1. The van der Waals surface area contributed by atoms with E-state index in [1.54, 1.807) is 11.3 Å². The molecule has 4 N–H and O–H groups in total. The molecule has 1 aromatic heterocycles. The van der Waals surface area contributed by atoms with Gasteiger partial charge < -0.3 is 16.2 Å². The van der Waals surface area contributed by atoms with E-state index in [0.29, 0.717) is 11.2 Å². The second-order valence-corrected chi connectivity index (χ2v) is 7.22. The van der Waals surface area contributed by atoms with Crippen molar-refractivity contribution in [1.29, 1.82) is 0 Å². The van der Waals surface area contributed by atoms with Crippen molar-refractivity contribution in [3.63, 3.8) is 0 Å². The van der Waals surface area contributed by atoms with Gasteiger partial charge in [0.05, 0.1) is 11.8 Å². The number of ether oxygens (including phenoxy) is 1. The molecule has 21 heavy (non-hydrogen) atoms. The molecule has 1 saturated carbocycles. The Hall–Kier alpha value is -1.59. The first-order chi connectivity index (χ1) is 10.1. The van der Waals surface area contributed by atoms with E-state index in [4.69, 9.17) is 16.2 Å². The van der Waals surface area contributed by atoms with Crippen LogP contribution in [0.1, 0.15) is 35.4 Å². The molecule has 110 valence electrons. The second kappa shape index (κ2) is 4.71. The van der Waals surface area contributed by atoms with Crippen LogP contribution in [0.2, 0.25) is 0 Å². The van der Waals surface area contributed by atoms with Crippen molar-refractivity contribution in [2.75, 3.05) is 5.73 Å². The molecule has 0 aliphatic heterocycles. The number of fused-ring (bicyclic) bond motifs is 1. The molecule has 0 amide bonds. The van der Waals surface area contributed by atoms with E-state index in [0.717, 1.165) is 36.3 Å². The van der Waals surface area contributed by atoms with Crippen LogP contribution in [-0.2, 0) is 18.4 Å². The minimum absolute atomic E-state index is 0.338. The highest BCUT2D eigenvalue weighted by atomic mass is 32.1. The average molecular weight is 301 g/mol. The van der Waals surface area contributed by atoms with Gasteiger partial charge in [0.15, 0.2) is 5.13 Å². The molecule has 1 unspecified atom stereocenters. The fourth-order valence-electron chi connectivity index (χ4n) is 2.96. The van der Waals surface area contributed by atoms with Crippen molar-refractivity contribution in [3.8, 4) is 5.75 Å². The van der Waals surface area contributed by atoms with Gasteiger partial charge in [0.1, 0.15) is 5.75 Å². The molecule has 1 aromatic carbocycles. The van der Waals surface area contributed by atoms with Crippen LogP contribution in [0.3, 0.4) is 0 Å². The summed E-state index contributed by atoms with van der Waals surface area (Å²) in [5.74, 6) is 0.939. The first-order valence-electron chi connectivity index (χ1n) is 7.42. The number of aryl methyl sites for hydroxylation is 1. The number of hydrogen-bond donors (Lipinski definition) is 2. The van der Waals surface area contributed by atoms with Gasteiger partial charge in [0.25, 0.3) is 0 Å². The van der Waals surface area contributed by atoms with Crippen LogP contribution >= 0.6 is 11.3 Å². The summed E-state index contributed by atoms with van der Waals surface area (Å²) >= 11 is 1.57. The molecule has 2 aliphatic rings. The lowest BCUT2D eigenvalue weighted by molar-refractivity contribution is 0.301. The minimum atomic E-state index is -0.338. The normalized spacial score (nSPS) is 24.6. The zero-order valence-electron chi connectivity index (χ0n) is 11.8. The van der Waals surface area contributed by atoms with E-state index < -0.39 is 0 Å². The van der Waals surface area contributed by atoms with Crippen LogP contribution in [0, 0.1) is 0 Å². The van der Waals surface area contributed by atoms with Crippen LogP contribution in [0.5, 0.6) is 5.75 Å². The lowest BCUT2D eigenvalue weighted by Crippen LogP contribution is -2.41. The summed E-state index contributed by atoms with van der Waals surface area (Å²) in [4.78, 5) is 5.62. The fourth-order valence-corrected chi connectivity index (χ4v) is 3.96. The summed E-state index contributed by atoms with van der Waals surface area (Å²) < 4.78 is 5.89. The number of rotatable bonds is 3. The van der Waals surface area contributed by atoms with Crippen molar-refractivity contribution in [2.45, 2.75) is 43.7 Å². The van der Waals surface area contributed by atoms with Gasteiger partial charge in [-0.3, -0.25) is 0 Å². The Labute approximate surface area is 128 Å². The van der Waals surface area contributed by atoms with Gasteiger partial charge in [-0.2, -0.15) is 0 Å². The molecule has 4 nitrogen and oxygen atoms in total. The van der Waals surface area contributed by atoms with Gasteiger partial charge in [-0.05, 0) is 43.4 Å². The Morgan fingerprint density at radius 1 is 1.33 bits per heavy atom. The lowest BCUT2D eigenvalue weighted by Gasteiger charge is -2.33. The predicted molar refractivity (Wildman–Crippen MR) is 84.5 cm³/mol. The molecule has 1 fully saturated rings. The SMILES string of the molecule is Nc1nc2c(s1)CC(N)(c1cccc(OC3CC3)c1)CC2. The van der Waals surface area contributed by atoms with Crippen LogP contribution in [0.25, 0.3) is 0 Å². The summed E-state index contributed by atoms with van der Waals surface area (Å²) in [6.45, 7) is 0. The molecule has 4 rings (SSSR count). The lowest BCUT2D eigenvalue weighted by atomic mass is 9.78. The molecule has 0 spiro atoms. The maximum absolute atomic E-state index is 6.70. The van der Waals surface area contributed by atoms with E-state index in [2.05, 4.69) is 17.1 Å². The van der Waals surface area contributed by atoms with Gasteiger partial charge in [-0.25, -0.2) is 4.98 Å². The largest absolute Gasteiger partial charge is 0.490 e. The van der Waals surface area contributed by atoms with Crippen LogP contribution in [0.15, 0.2) is 24.3 Å². The van der Waals surface area contributed by atoms with Gasteiger partial charge in [0.2, 0.25) is 0 Å². The number of anilines is 1. The van der Waals surface area contributed by atoms with Crippen molar-refractivity contribution in [1.82, 2.24) is 4.98 Å². The fraction of sp³-hybridized carbons (Fsp3) is 0.438. The highest BCUT2D eigenvalue weighted by molar-refractivity contribution is 7.15. The zero-order chi connectivity index (χ0) is 14.4. The number of nitrogens with zero attached hydrogens (tertiary/aromatic N) is 1. The van der Waals surface area contributed by atoms with E-state index in [1.807, 2.05) is 12.1 Å². The minimum Gasteiger partial charge on any atom is -0.490 e. The van der Waals surface area contributed by atoms with E-state index in [-0.39, 0.29) is 5.54 Å². The number of aromatic nitrogens is 1. The van der Waals surface area contributed by atoms with Crippen molar-refractivity contribution in [2.24, 2.45) is 5.73 Å². The molecular formula is C16H19N3OS. The Morgan fingerprint density at radius 3 is 3.00 bits per heavy atom. The molecule has 5 heteroatoms. The monoisotopic (exact) mass is 301 g/mol. The average Bonchev–Trinajstić information content (AvgIpc) is 3.19. The molecule has 2 aromatic rings. The van der Waals surface area contributed by atoms with Crippen molar-refractivity contribution in [3.05, 3.63) is 40.4 Å². The summed E-state index contributed by atoms with van der Waals surface area (Å²) in [5, 5.41) is 0.648. The van der Waals surface area contributed by atoms with Crippen LogP contribution in [0.4, 0.5) is 5.13 Å². The molecule has 0 saturated heterocycles. The molecule has 0 bridgehead atoms. The van der Waals surface area contributed by atoms with Crippen LogP contribution in [-0.4, -0.2) is 11.1 Å². The van der Waals surface area contributed by atoms with Crippen molar-refractivity contribution < 1.29 is 4.74 Å². The quantitative estimate of drug-likeness (QED) is 0.914. The van der Waals surface area contributed by atoms with Gasteiger partial charge in [-0.15, -0.1) is 11.3 Å². The smallest absolute Gasteiger partial charge is 0.180 e. The summed E-state index contributed by atoms with van der Waals surface area (Å²) in [6, 6.07) is 8.27. The first kappa shape index (κ1) is 13.1. The second-order valence-electron chi connectivity index (χ2n) is 6.10. The number of nitrogen functional groups attached to an aromatic ring is 1. The van der Waals surface area contributed by atoms with E-state index >= 15 is 0 Å². The number of nitrogens with two attached hydrogens (primary N) is 2. The van der Waals surface area contributed by atoms with Gasteiger partial charge >= 0.3 is 0 Å². The maximum Gasteiger partial charge on any atom is 0.180 e. The Bertz CT molecular complexity index is 680. The summed E-state index contributed by atoms with van der Waals surface area (Å²) in [7, 11) is 0. The van der Waals surface area contributed by atoms with Crippen molar-refractivity contribution >= 4 is 16.5 Å². The third kappa shape index (κ3) is 2.51. The maximum atomic E-state index is 6.70. The Balaban J connectivity index is 1.62. The Morgan fingerprint density at radius 2 is 2.19 bits per heavy atom. The molecule has 0 radical (unpaired) electrons. The van der Waals surface area contributed by atoms with Gasteiger partial charge in [-0.1, -0.05) is 12.1 Å². The van der Waals surface area contributed by atoms with Gasteiger partial charge in [0, 0.05) is 16.8 Å². The third-order valence-corrected chi connectivity index (χ3v) is 5.24. The first-order valence-corrected chi connectivity index (χ1v) is 8.24. The zero-order valence-corrected chi connectivity index (χ0v) is 12.7. The highest BCUT2D eigenvalue weighted by Gasteiger charge is 2.34. The molecule has 1 atom stereocenters. The number of thiazole rings is 1. The summed E-state index contributed by atoms with van der Waals surface area (Å²) in [6.07, 6.45) is 5.35. The summed E-state index contributed by atoms with van der Waals surface area (Å²) in [5.41, 5.74) is 14.5. The predicted octanol–water partition coefficient (Wildman–Crippen LogP) is 2.61. The number of hydrogen-bond acceptors (Lipinski definition) is 5. The standard InChI is InChI=1S/C16H19N3OS/c17-15-19-13-6-7-16(18,9-14(13)21-15)10-2-1-3-12(8-10)20-11-4-5-11/h1-3,8,11H,4-7,9,18H2,(H2,17,19). The van der Waals surface area contributed by atoms with Crippen LogP contribution < -0.4 is 16.2 Å². The molecule has 2 aliphatic carbocycles. The topological polar surface area (TPSA) is 74.2 Å². The Kier molecular flexibility index (Phi) is 2.94. The highest BCUT2D eigenvalue weighted by Crippen LogP contribution is 2.39. The molecule has 1 heterocycles.